The molecule has 3 aliphatic rings. The highest BCUT2D eigenvalue weighted by Crippen LogP contribution is 2.59. The average molecular weight is 569 g/mol. The second-order valence-electron chi connectivity index (χ2n) is 13.5. The first-order valence-corrected chi connectivity index (χ1v) is 15.6. The summed E-state index contributed by atoms with van der Waals surface area (Å²) >= 11 is 0. The third-order valence-corrected chi connectivity index (χ3v) is 10.7. The Balaban J connectivity index is 1.34. The van der Waals surface area contributed by atoms with Crippen molar-refractivity contribution >= 4 is 23.4 Å². The highest BCUT2D eigenvalue weighted by Gasteiger charge is 2.52. The molecule has 212 valence electrons. The summed E-state index contributed by atoms with van der Waals surface area (Å²) < 4.78 is 13.1. The van der Waals surface area contributed by atoms with Gasteiger partial charge in [-0.1, -0.05) is 115 Å². The lowest BCUT2D eigenvalue weighted by molar-refractivity contribution is 0.00578. The molecule has 2 nitrogen and oxygen atoms in total. The van der Waals surface area contributed by atoms with Crippen LogP contribution in [0.25, 0.3) is 44.2 Å². The van der Waals surface area contributed by atoms with Gasteiger partial charge >= 0.3 is 7.12 Å². The normalized spacial score (nSPS) is 20.0. The minimum atomic E-state index is -0.509. The van der Waals surface area contributed by atoms with Gasteiger partial charge in [-0.05, 0) is 112 Å². The minimum Gasteiger partial charge on any atom is -0.399 e. The maximum absolute atomic E-state index is 6.55. The Labute approximate surface area is 259 Å². The molecule has 0 amide bonds. The Morgan fingerprint density at radius 2 is 1.05 bits per heavy atom. The van der Waals surface area contributed by atoms with E-state index in [1.807, 2.05) is 0 Å². The van der Waals surface area contributed by atoms with Crippen LogP contribution in [0.4, 0.5) is 0 Å². The molecular weight excluding hydrogens is 535 g/mol. The number of rotatable bonds is 3. The zero-order valence-electron chi connectivity index (χ0n) is 25.5. The van der Waals surface area contributed by atoms with Crippen molar-refractivity contribution in [2.75, 3.05) is 0 Å². The van der Waals surface area contributed by atoms with E-state index in [-0.39, 0.29) is 0 Å². The Hall–Kier alpha value is -4.44. The minimum absolute atomic E-state index is 0.409. The van der Waals surface area contributed by atoms with Crippen LogP contribution in [0.15, 0.2) is 127 Å². The van der Waals surface area contributed by atoms with Gasteiger partial charge < -0.3 is 9.31 Å². The quantitative estimate of drug-likeness (QED) is 0.198. The van der Waals surface area contributed by atoms with Gasteiger partial charge in [-0.2, -0.15) is 0 Å². The van der Waals surface area contributed by atoms with Gasteiger partial charge in [0.15, 0.2) is 0 Å². The second kappa shape index (κ2) is 8.82. The summed E-state index contributed by atoms with van der Waals surface area (Å²) in [4.78, 5) is 0. The number of hydrogen-bond acceptors (Lipinski definition) is 2. The first-order valence-electron chi connectivity index (χ1n) is 15.6. The fourth-order valence-corrected chi connectivity index (χ4v) is 7.93. The van der Waals surface area contributed by atoms with Gasteiger partial charge in [-0.25, -0.2) is 0 Å². The fourth-order valence-electron chi connectivity index (χ4n) is 7.93. The molecule has 6 aromatic carbocycles. The van der Waals surface area contributed by atoms with Gasteiger partial charge in [0.25, 0.3) is 0 Å². The molecule has 6 aromatic rings. The van der Waals surface area contributed by atoms with E-state index < -0.39 is 23.7 Å². The Bertz CT molecular complexity index is 2120. The monoisotopic (exact) mass is 568 g/mol. The average Bonchev–Trinajstić information content (AvgIpc) is 3.60. The molecule has 0 bridgehead atoms. The van der Waals surface area contributed by atoms with Crippen molar-refractivity contribution in [3.05, 3.63) is 150 Å². The predicted octanol–water partition coefficient (Wildman–Crippen LogP) is 9.15. The van der Waals surface area contributed by atoms with Gasteiger partial charge in [0.05, 0.1) is 16.6 Å². The summed E-state index contributed by atoms with van der Waals surface area (Å²) in [6.45, 7) is 8.46. The molecule has 3 heteroatoms. The molecule has 1 fully saturated rings. The van der Waals surface area contributed by atoms with Crippen LogP contribution >= 0.6 is 0 Å². The van der Waals surface area contributed by atoms with Crippen LogP contribution in [-0.2, 0) is 14.7 Å². The summed E-state index contributed by atoms with van der Waals surface area (Å²) in [6.07, 6.45) is 0. The molecule has 0 spiro atoms. The van der Waals surface area contributed by atoms with Gasteiger partial charge in [0, 0.05) is 0 Å². The Morgan fingerprint density at radius 1 is 0.455 bits per heavy atom. The Kier molecular flexibility index (Phi) is 5.21. The Morgan fingerprint density at radius 3 is 1.77 bits per heavy atom. The SMILES string of the molecule is CC1(C)OB(c2cccc(C3(c4ccccc4)c4ccccc4-c4cc5c(cc43)-c3cccc4cccc-5c34)c2)OC1(C)C. The standard InChI is InChI=1S/C41H33BO2/c1-39(2)40(3,4)44-42(43-39)29-18-12-17-28(23-29)41(27-15-6-5-7-16-27)36-22-9-8-19-30(36)35-24-33-31-20-10-13-26-14-11-21-32(38(26)31)34(33)25-37(35)41/h5-25H,1-4H3. The largest absolute Gasteiger partial charge is 0.494 e. The third kappa shape index (κ3) is 3.29. The maximum atomic E-state index is 6.55. The fraction of sp³-hybridized carbons (Fsp3) is 0.171. The molecule has 1 unspecified atom stereocenters. The molecule has 1 atom stereocenters. The van der Waals surface area contributed by atoms with Crippen LogP contribution in [0, 0.1) is 0 Å². The number of hydrogen-bond donors (Lipinski definition) is 0. The van der Waals surface area contributed by atoms with Crippen LogP contribution < -0.4 is 5.46 Å². The van der Waals surface area contributed by atoms with Crippen molar-refractivity contribution in [2.24, 2.45) is 0 Å². The molecule has 1 heterocycles. The van der Waals surface area contributed by atoms with E-state index in [1.54, 1.807) is 0 Å². The molecule has 0 saturated carbocycles. The van der Waals surface area contributed by atoms with Gasteiger partial charge in [0.2, 0.25) is 0 Å². The molecule has 0 aromatic heterocycles. The zero-order valence-corrected chi connectivity index (χ0v) is 25.5. The second-order valence-corrected chi connectivity index (χ2v) is 13.5. The van der Waals surface area contributed by atoms with E-state index in [0.717, 1.165) is 5.46 Å². The van der Waals surface area contributed by atoms with Crippen LogP contribution in [0.3, 0.4) is 0 Å². The number of benzene rings is 6. The van der Waals surface area contributed by atoms with Gasteiger partial charge in [-0.3, -0.25) is 0 Å². The lowest BCUT2D eigenvalue weighted by Crippen LogP contribution is -2.41. The van der Waals surface area contributed by atoms with Crippen molar-refractivity contribution in [3.63, 3.8) is 0 Å². The number of fused-ring (bicyclic) bond motifs is 6. The lowest BCUT2D eigenvalue weighted by atomic mass is 9.65. The van der Waals surface area contributed by atoms with Crippen LogP contribution in [0.5, 0.6) is 0 Å². The summed E-state index contributed by atoms with van der Waals surface area (Å²) in [5, 5.41) is 2.65. The predicted molar refractivity (Wildman–Crippen MR) is 181 cm³/mol. The van der Waals surface area contributed by atoms with Crippen molar-refractivity contribution in [1.29, 1.82) is 0 Å². The van der Waals surface area contributed by atoms with E-state index in [9.17, 15) is 0 Å². The smallest absolute Gasteiger partial charge is 0.399 e. The summed E-state index contributed by atoms with van der Waals surface area (Å²) in [6, 6.07) is 47.3. The first-order chi connectivity index (χ1) is 21.3. The van der Waals surface area contributed by atoms with E-state index in [1.165, 1.54) is 66.4 Å². The highest BCUT2D eigenvalue weighted by molar-refractivity contribution is 6.62. The summed E-state index contributed by atoms with van der Waals surface area (Å²) in [5.41, 5.74) is 12.7. The van der Waals surface area contributed by atoms with Crippen LogP contribution in [0.1, 0.15) is 49.9 Å². The van der Waals surface area contributed by atoms with Crippen molar-refractivity contribution in [3.8, 4) is 33.4 Å². The zero-order chi connectivity index (χ0) is 29.8. The third-order valence-electron chi connectivity index (χ3n) is 10.7. The van der Waals surface area contributed by atoms with Crippen molar-refractivity contribution in [1.82, 2.24) is 0 Å². The van der Waals surface area contributed by atoms with E-state index >= 15 is 0 Å². The molecule has 44 heavy (non-hydrogen) atoms. The lowest BCUT2D eigenvalue weighted by Gasteiger charge is -2.34. The van der Waals surface area contributed by atoms with E-state index in [2.05, 4.69) is 155 Å². The first kappa shape index (κ1) is 26.0. The van der Waals surface area contributed by atoms with Crippen LogP contribution in [-0.4, -0.2) is 18.3 Å². The summed E-state index contributed by atoms with van der Waals surface area (Å²) in [7, 11) is -0.434. The van der Waals surface area contributed by atoms with Gasteiger partial charge in [-0.15, -0.1) is 0 Å². The van der Waals surface area contributed by atoms with Gasteiger partial charge in [0.1, 0.15) is 0 Å². The molecule has 0 N–H and O–H groups in total. The molecule has 9 rings (SSSR count). The molecule has 1 aliphatic heterocycles. The maximum Gasteiger partial charge on any atom is 0.494 e. The topological polar surface area (TPSA) is 18.5 Å². The molecule has 0 radical (unpaired) electrons. The highest BCUT2D eigenvalue weighted by atomic mass is 16.7. The molecule has 1 saturated heterocycles. The van der Waals surface area contributed by atoms with Crippen molar-refractivity contribution in [2.45, 2.75) is 44.3 Å². The van der Waals surface area contributed by atoms with E-state index in [4.69, 9.17) is 9.31 Å². The van der Waals surface area contributed by atoms with Crippen LogP contribution in [0.2, 0.25) is 0 Å². The summed E-state index contributed by atoms with van der Waals surface area (Å²) in [5.74, 6) is 0. The molecule has 2 aliphatic carbocycles. The van der Waals surface area contributed by atoms with Crippen molar-refractivity contribution < 1.29 is 9.31 Å². The van der Waals surface area contributed by atoms with E-state index in [0.29, 0.717) is 0 Å². The molecular formula is C41H33BO2.